The molecule has 1 N–H and O–H groups in total. The maximum absolute atomic E-state index is 12.5. The van der Waals surface area contributed by atoms with E-state index in [2.05, 4.69) is 26.2 Å². The third-order valence-corrected chi connectivity index (χ3v) is 4.70. The summed E-state index contributed by atoms with van der Waals surface area (Å²) in [5.74, 6) is -1.90. The summed E-state index contributed by atoms with van der Waals surface area (Å²) >= 11 is 8.56. The monoisotopic (exact) mass is 471 g/mol. The molecule has 28 heavy (non-hydrogen) atoms. The van der Waals surface area contributed by atoms with Gasteiger partial charge >= 0.3 is 5.97 Å². The Labute approximate surface area is 176 Å². The second kappa shape index (κ2) is 9.83. The number of ether oxygens (including phenoxy) is 3. The van der Waals surface area contributed by atoms with Gasteiger partial charge in [-0.1, -0.05) is 0 Å². The van der Waals surface area contributed by atoms with E-state index in [0.29, 0.717) is 28.1 Å². The Bertz CT molecular complexity index is 814. The van der Waals surface area contributed by atoms with Crippen LogP contribution in [0, 0.1) is 5.92 Å². The first-order chi connectivity index (χ1) is 13.3. The van der Waals surface area contributed by atoms with Gasteiger partial charge in [-0.15, -0.1) is 0 Å². The van der Waals surface area contributed by atoms with Crippen LogP contribution in [-0.2, 0) is 14.3 Å². The Balaban J connectivity index is 2.48. The Morgan fingerprint density at radius 3 is 2.61 bits per heavy atom. The summed E-state index contributed by atoms with van der Waals surface area (Å²) in [7, 11) is 0. The number of aliphatic imine (C=N–C) groups is 1. The number of hydrogen-bond donors (Lipinski definition) is 1. The van der Waals surface area contributed by atoms with E-state index >= 15 is 0 Å². The summed E-state index contributed by atoms with van der Waals surface area (Å²) in [6.07, 6.45) is 0. The third kappa shape index (κ3) is 5.20. The van der Waals surface area contributed by atoms with Crippen LogP contribution in [0.3, 0.4) is 0 Å². The van der Waals surface area contributed by atoms with Crippen molar-refractivity contribution in [3.8, 4) is 11.5 Å². The molecule has 152 valence electrons. The van der Waals surface area contributed by atoms with Crippen LogP contribution in [0.5, 0.6) is 11.5 Å². The fourth-order valence-electron chi connectivity index (χ4n) is 2.84. The van der Waals surface area contributed by atoms with Crippen molar-refractivity contribution in [3.63, 3.8) is 0 Å². The van der Waals surface area contributed by atoms with Crippen molar-refractivity contribution >= 4 is 50.9 Å². The number of esters is 1. The van der Waals surface area contributed by atoms with Crippen LogP contribution < -0.4 is 19.9 Å². The van der Waals surface area contributed by atoms with Gasteiger partial charge in [-0.05, 0) is 66.6 Å². The number of thiocarbonyl (C=S) groups is 1. The Hall–Kier alpha value is -2.20. The molecule has 2 atom stereocenters. The fourth-order valence-corrected chi connectivity index (χ4v) is 3.68. The van der Waals surface area contributed by atoms with E-state index in [9.17, 15) is 14.7 Å². The zero-order chi connectivity index (χ0) is 20.8. The summed E-state index contributed by atoms with van der Waals surface area (Å²) in [5.41, 5.74) is 1.21. The predicted molar refractivity (Wildman–Crippen MR) is 108 cm³/mol. The van der Waals surface area contributed by atoms with Gasteiger partial charge in [0.05, 0.1) is 29.7 Å². The number of nitrogens with one attached hydrogen (secondary N) is 1. The van der Waals surface area contributed by atoms with Gasteiger partial charge in [-0.2, -0.15) is 0 Å². The van der Waals surface area contributed by atoms with Crippen molar-refractivity contribution in [2.75, 3.05) is 19.8 Å². The van der Waals surface area contributed by atoms with Gasteiger partial charge in [0.2, 0.25) is 0 Å². The molecule has 0 aliphatic carbocycles. The lowest BCUT2D eigenvalue weighted by Gasteiger charge is -2.31. The topological polar surface area (TPSA) is 109 Å². The molecule has 0 saturated heterocycles. The van der Waals surface area contributed by atoms with Crippen LogP contribution in [-0.4, -0.2) is 42.6 Å². The first-order valence-electron chi connectivity index (χ1n) is 8.59. The molecule has 1 heterocycles. The number of carbonyl (C=O) groups excluding carboxylic acids is 2. The SMILES string of the molecule is CCOC(=O)C1C(C)=NC(=S)NC1c1cc(Br)c(OCC(=O)[O-])c(OCC)c1. The number of halogens is 1. The summed E-state index contributed by atoms with van der Waals surface area (Å²) < 4.78 is 16.5. The number of carboxylic acid groups (broad SMARTS) is 1. The zero-order valence-electron chi connectivity index (χ0n) is 15.6. The molecule has 1 aromatic carbocycles. The highest BCUT2D eigenvalue weighted by molar-refractivity contribution is 9.10. The molecule has 1 aliphatic rings. The Kier molecular flexibility index (Phi) is 7.76. The normalized spacial score (nSPS) is 18.7. The van der Waals surface area contributed by atoms with E-state index in [0.717, 1.165) is 0 Å². The largest absolute Gasteiger partial charge is 0.546 e. The number of carboxylic acids is 1. The highest BCUT2D eigenvalue weighted by Gasteiger charge is 2.37. The van der Waals surface area contributed by atoms with Gasteiger partial charge in [0.25, 0.3) is 0 Å². The van der Waals surface area contributed by atoms with E-state index < -0.39 is 30.5 Å². The highest BCUT2D eigenvalue weighted by atomic mass is 79.9. The van der Waals surface area contributed by atoms with Crippen molar-refractivity contribution in [1.29, 1.82) is 0 Å². The van der Waals surface area contributed by atoms with Gasteiger partial charge < -0.3 is 29.4 Å². The lowest BCUT2D eigenvalue weighted by Crippen LogP contribution is -2.44. The van der Waals surface area contributed by atoms with Crippen molar-refractivity contribution in [3.05, 3.63) is 22.2 Å². The fraction of sp³-hybridized carbons (Fsp3) is 0.444. The van der Waals surface area contributed by atoms with E-state index in [-0.39, 0.29) is 17.5 Å². The second-order valence-corrected chi connectivity index (χ2v) is 7.07. The molecule has 2 rings (SSSR count). The molecule has 0 spiro atoms. The quantitative estimate of drug-likeness (QED) is 0.449. The average Bonchev–Trinajstić information content (AvgIpc) is 2.60. The number of benzene rings is 1. The maximum Gasteiger partial charge on any atom is 0.317 e. The molecule has 1 aliphatic heterocycles. The second-order valence-electron chi connectivity index (χ2n) is 5.83. The molecule has 10 heteroatoms. The molecule has 0 bridgehead atoms. The molecule has 1 aromatic rings. The van der Waals surface area contributed by atoms with Crippen LogP contribution in [0.4, 0.5) is 0 Å². The number of carbonyl (C=O) groups is 2. The molecule has 2 unspecified atom stereocenters. The standard InChI is InChI=1S/C18H21BrN2O6S/c1-4-25-12-7-10(6-11(19)16(12)27-8-13(22)23)15-14(17(24)26-5-2)9(3)20-18(28)21-15/h6-7,14-15H,4-5,8H2,1-3H3,(H,21,28)(H,22,23)/p-1. The molecule has 0 amide bonds. The van der Waals surface area contributed by atoms with E-state index in [4.69, 9.17) is 26.4 Å². The average molecular weight is 472 g/mol. The van der Waals surface area contributed by atoms with Crippen molar-refractivity contribution in [2.24, 2.45) is 10.9 Å². The number of aliphatic carboxylic acids is 1. The van der Waals surface area contributed by atoms with Gasteiger partial charge in [0.15, 0.2) is 16.6 Å². The molecule has 0 radical (unpaired) electrons. The minimum Gasteiger partial charge on any atom is -0.546 e. The first kappa shape index (κ1) is 22.1. The molecule has 8 nitrogen and oxygen atoms in total. The van der Waals surface area contributed by atoms with E-state index in [1.807, 2.05) is 0 Å². The van der Waals surface area contributed by atoms with Crippen LogP contribution in [0.15, 0.2) is 21.6 Å². The van der Waals surface area contributed by atoms with Crippen LogP contribution in [0.1, 0.15) is 32.4 Å². The van der Waals surface area contributed by atoms with Gasteiger partial charge in [-0.3, -0.25) is 4.79 Å². The minimum atomic E-state index is -1.35. The highest BCUT2D eigenvalue weighted by Crippen LogP contribution is 2.40. The van der Waals surface area contributed by atoms with Crippen molar-refractivity contribution in [2.45, 2.75) is 26.8 Å². The zero-order valence-corrected chi connectivity index (χ0v) is 18.0. The number of hydrogen-bond acceptors (Lipinski definition) is 7. The number of nitrogens with zero attached hydrogens (tertiary/aromatic N) is 1. The summed E-state index contributed by atoms with van der Waals surface area (Å²) in [5, 5.41) is 14.0. The van der Waals surface area contributed by atoms with Gasteiger partial charge in [-0.25, -0.2) is 4.99 Å². The van der Waals surface area contributed by atoms with E-state index in [1.165, 1.54) is 0 Å². The van der Waals surface area contributed by atoms with Gasteiger partial charge in [0, 0.05) is 5.71 Å². The van der Waals surface area contributed by atoms with E-state index in [1.54, 1.807) is 32.9 Å². The van der Waals surface area contributed by atoms with Crippen LogP contribution >= 0.6 is 28.1 Å². The lowest BCUT2D eigenvalue weighted by atomic mass is 9.88. The molecular formula is C18H20BrN2O6S-. The molecule has 0 aromatic heterocycles. The summed E-state index contributed by atoms with van der Waals surface area (Å²) in [4.78, 5) is 27.4. The third-order valence-electron chi connectivity index (χ3n) is 3.91. The van der Waals surface area contributed by atoms with Crippen molar-refractivity contribution in [1.82, 2.24) is 5.32 Å². The number of rotatable bonds is 8. The molecular weight excluding hydrogens is 452 g/mol. The smallest absolute Gasteiger partial charge is 0.317 e. The summed E-state index contributed by atoms with van der Waals surface area (Å²) in [6, 6.07) is 2.84. The minimum absolute atomic E-state index is 0.228. The molecule has 0 fully saturated rings. The van der Waals surface area contributed by atoms with Crippen LogP contribution in [0.25, 0.3) is 0 Å². The predicted octanol–water partition coefficient (Wildman–Crippen LogP) is 1.55. The Morgan fingerprint density at radius 2 is 2.00 bits per heavy atom. The maximum atomic E-state index is 12.5. The first-order valence-corrected chi connectivity index (χ1v) is 9.79. The summed E-state index contributed by atoms with van der Waals surface area (Å²) in [6.45, 7) is 5.18. The van der Waals surface area contributed by atoms with Gasteiger partial charge in [0.1, 0.15) is 12.5 Å². The molecule has 0 saturated carbocycles. The van der Waals surface area contributed by atoms with Crippen LogP contribution in [0.2, 0.25) is 0 Å². The van der Waals surface area contributed by atoms with Crippen molar-refractivity contribution < 1.29 is 28.9 Å². The lowest BCUT2D eigenvalue weighted by molar-refractivity contribution is -0.307. The Morgan fingerprint density at radius 1 is 1.29 bits per heavy atom.